The van der Waals surface area contributed by atoms with Crippen LogP contribution in [0.3, 0.4) is 0 Å². The Morgan fingerprint density at radius 3 is 2.85 bits per heavy atom. The van der Waals surface area contributed by atoms with Gasteiger partial charge in [-0.2, -0.15) is 5.26 Å². The Balaban J connectivity index is 2.66. The maximum atomic E-state index is 11.5. The molecule has 2 rings (SSSR count). The van der Waals surface area contributed by atoms with E-state index in [0.29, 0.717) is 17.7 Å². The van der Waals surface area contributed by atoms with Crippen molar-refractivity contribution in [2.75, 3.05) is 0 Å². The van der Waals surface area contributed by atoms with Crippen LogP contribution in [0.2, 0.25) is 0 Å². The molecule has 1 aromatic heterocycles. The van der Waals surface area contributed by atoms with Gasteiger partial charge in [0.1, 0.15) is 0 Å². The number of rotatable bonds is 4. The third-order valence-corrected chi connectivity index (χ3v) is 3.23. The normalized spacial score (nSPS) is 10.0. The van der Waals surface area contributed by atoms with Gasteiger partial charge in [0.15, 0.2) is 0 Å². The summed E-state index contributed by atoms with van der Waals surface area (Å²) in [6.07, 6.45) is 1.76. The average Bonchev–Trinajstić information content (AvgIpc) is 2.77. The lowest BCUT2D eigenvalue weighted by atomic mass is 10.1. The third-order valence-electron chi connectivity index (χ3n) is 3.23. The minimum absolute atomic E-state index is 0.456. The maximum absolute atomic E-state index is 11.5. The minimum Gasteiger partial charge on any atom is -0.366 e. The highest BCUT2D eigenvalue weighted by Gasteiger charge is 2.16. The number of allylic oxidation sites excluding steroid dienone is 1. The van der Waals surface area contributed by atoms with Crippen molar-refractivity contribution in [3.63, 3.8) is 0 Å². The molecule has 20 heavy (non-hydrogen) atoms. The molecule has 0 fully saturated rings. The Morgan fingerprint density at radius 2 is 2.25 bits per heavy atom. The van der Waals surface area contributed by atoms with Crippen molar-refractivity contribution in [2.24, 2.45) is 5.73 Å². The number of amides is 1. The highest BCUT2D eigenvalue weighted by molar-refractivity contribution is 5.95. The van der Waals surface area contributed by atoms with Crippen LogP contribution in [0.5, 0.6) is 0 Å². The van der Waals surface area contributed by atoms with E-state index < -0.39 is 5.91 Å². The van der Waals surface area contributed by atoms with Gasteiger partial charge in [-0.1, -0.05) is 18.2 Å². The quantitative estimate of drug-likeness (QED) is 0.863. The van der Waals surface area contributed by atoms with Crippen LogP contribution >= 0.6 is 0 Å². The maximum Gasteiger partial charge on any atom is 0.250 e. The van der Waals surface area contributed by atoms with Gasteiger partial charge in [-0.3, -0.25) is 4.79 Å². The van der Waals surface area contributed by atoms with E-state index in [2.05, 4.69) is 12.6 Å². The summed E-state index contributed by atoms with van der Waals surface area (Å²) in [5, 5.41) is 8.98. The van der Waals surface area contributed by atoms with Gasteiger partial charge in [-0.15, -0.1) is 6.58 Å². The number of nitrogens with zero attached hydrogens (tertiary/aromatic N) is 2. The molecular formula is C16H15N3O. The summed E-state index contributed by atoms with van der Waals surface area (Å²) in [5.74, 6) is -0.456. The second-order valence-electron chi connectivity index (χ2n) is 4.48. The number of nitrogens with two attached hydrogens (primary N) is 1. The fraction of sp³-hybridized carbons (Fsp3) is 0.125. The summed E-state index contributed by atoms with van der Waals surface area (Å²) < 4.78 is 1.96. The lowest BCUT2D eigenvalue weighted by molar-refractivity contribution is 0.0999. The van der Waals surface area contributed by atoms with E-state index in [9.17, 15) is 4.79 Å². The van der Waals surface area contributed by atoms with Gasteiger partial charge in [-0.05, 0) is 30.7 Å². The number of nitriles is 1. The summed E-state index contributed by atoms with van der Waals surface area (Å²) in [6, 6.07) is 11.1. The summed E-state index contributed by atoms with van der Waals surface area (Å²) in [5.41, 5.74) is 8.99. The molecule has 0 aliphatic heterocycles. The molecule has 2 N–H and O–H groups in total. The summed E-state index contributed by atoms with van der Waals surface area (Å²) in [4.78, 5) is 11.5. The van der Waals surface area contributed by atoms with E-state index in [-0.39, 0.29) is 0 Å². The van der Waals surface area contributed by atoms with Crippen LogP contribution in [-0.4, -0.2) is 10.5 Å². The largest absolute Gasteiger partial charge is 0.366 e. The predicted octanol–water partition coefficient (Wildman–Crippen LogP) is 2.62. The van der Waals surface area contributed by atoms with E-state index in [1.165, 1.54) is 0 Å². The molecule has 1 aromatic carbocycles. The average molecular weight is 265 g/mol. The number of aromatic nitrogens is 1. The van der Waals surface area contributed by atoms with Crippen molar-refractivity contribution in [2.45, 2.75) is 13.5 Å². The van der Waals surface area contributed by atoms with Crippen molar-refractivity contribution < 1.29 is 4.79 Å². The molecule has 0 bridgehead atoms. The summed E-state index contributed by atoms with van der Waals surface area (Å²) >= 11 is 0. The zero-order valence-electron chi connectivity index (χ0n) is 11.3. The molecule has 0 spiro atoms. The van der Waals surface area contributed by atoms with Gasteiger partial charge in [0.2, 0.25) is 0 Å². The lowest BCUT2D eigenvalue weighted by Crippen LogP contribution is -2.12. The molecule has 2 aromatic rings. The lowest BCUT2D eigenvalue weighted by Gasteiger charge is -2.09. The van der Waals surface area contributed by atoms with Crippen molar-refractivity contribution in [3.05, 3.63) is 59.8 Å². The van der Waals surface area contributed by atoms with Crippen molar-refractivity contribution in [1.82, 2.24) is 4.57 Å². The topological polar surface area (TPSA) is 71.8 Å². The number of hydrogen-bond acceptors (Lipinski definition) is 2. The first-order valence-corrected chi connectivity index (χ1v) is 6.20. The van der Waals surface area contributed by atoms with Crippen molar-refractivity contribution in [1.29, 1.82) is 5.26 Å². The Morgan fingerprint density at radius 1 is 1.50 bits per heavy atom. The zero-order valence-corrected chi connectivity index (χ0v) is 11.3. The van der Waals surface area contributed by atoms with Crippen LogP contribution in [0.4, 0.5) is 0 Å². The highest BCUT2D eigenvalue weighted by atomic mass is 16.1. The number of hydrogen-bond donors (Lipinski definition) is 1. The molecule has 0 saturated heterocycles. The predicted molar refractivity (Wildman–Crippen MR) is 78.0 cm³/mol. The molecule has 0 radical (unpaired) electrons. The molecule has 4 heteroatoms. The third kappa shape index (κ3) is 2.34. The smallest absolute Gasteiger partial charge is 0.250 e. The van der Waals surface area contributed by atoms with Crippen LogP contribution in [-0.2, 0) is 6.54 Å². The summed E-state index contributed by atoms with van der Waals surface area (Å²) in [7, 11) is 0. The Labute approximate surface area is 117 Å². The van der Waals surface area contributed by atoms with Crippen LogP contribution in [0.15, 0.2) is 43.0 Å². The summed E-state index contributed by atoms with van der Waals surface area (Å²) in [6.45, 7) is 6.15. The molecule has 0 aliphatic carbocycles. The van der Waals surface area contributed by atoms with Crippen LogP contribution in [0.1, 0.15) is 21.6 Å². The minimum atomic E-state index is -0.456. The van der Waals surface area contributed by atoms with E-state index in [1.54, 1.807) is 24.3 Å². The molecule has 0 aliphatic rings. The Hall–Kier alpha value is -2.80. The fourth-order valence-corrected chi connectivity index (χ4v) is 2.25. The van der Waals surface area contributed by atoms with Crippen molar-refractivity contribution in [3.8, 4) is 17.3 Å². The SMILES string of the molecule is C=CCn1c(-c2cccc(C#N)c2)cc(C(N)=O)c1C. The number of primary amides is 1. The second-order valence-corrected chi connectivity index (χ2v) is 4.48. The van der Waals surface area contributed by atoms with Crippen LogP contribution in [0.25, 0.3) is 11.3 Å². The highest BCUT2D eigenvalue weighted by Crippen LogP contribution is 2.26. The van der Waals surface area contributed by atoms with Gasteiger partial charge in [0.05, 0.1) is 17.2 Å². The van der Waals surface area contributed by atoms with E-state index >= 15 is 0 Å². The van der Waals surface area contributed by atoms with E-state index in [0.717, 1.165) is 17.0 Å². The Bertz CT molecular complexity index is 720. The monoisotopic (exact) mass is 265 g/mol. The molecule has 1 heterocycles. The molecular weight excluding hydrogens is 250 g/mol. The van der Waals surface area contributed by atoms with Gasteiger partial charge in [-0.25, -0.2) is 0 Å². The number of carbonyl (C=O) groups excluding carboxylic acids is 1. The first kappa shape index (κ1) is 13.6. The van der Waals surface area contributed by atoms with Gasteiger partial charge in [0, 0.05) is 17.9 Å². The standard InChI is InChI=1S/C16H15N3O/c1-3-7-19-11(2)14(16(18)20)9-15(19)13-6-4-5-12(8-13)10-17/h3-6,8-9H,1,7H2,2H3,(H2,18,20). The van der Waals surface area contributed by atoms with Gasteiger partial charge in [0.25, 0.3) is 5.91 Å². The molecule has 1 amide bonds. The first-order valence-electron chi connectivity index (χ1n) is 6.20. The second kappa shape index (κ2) is 5.45. The van der Waals surface area contributed by atoms with E-state index in [4.69, 9.17) is 11.0 Å². The molecule has 4 nitrogen and oxygen atoms in total. The zero-order chi connectivity index (χ0) is 14.7. The number of benzene rings is 1. The Kier molecular flexibility index (Phi) is 3.72. The fourth-order valence-electron chi connectivity index (χ4n) is 2.25. The van der Waals surface area contributed by atoms with Crippen LogP contribution < -0.4 is 5.73 Å². The molecule has 0 saturated carbocycles. The van der Waals surface area contributed by atoms with Gasteiger partial charge >= 0.3 is 0 Å². The van der Waals surface area contributed by atoms with E-state index in [1.807, 2.05) is 23.6 Å². The van der Waals surface area contributed by atoms with Crippen molar-refractivity contribution >= 4 is 5.91 Å². The first-order chi connectivity index (χ1) is 9.58. The van der Waals surface area contributed by atoms with Gasteiger partial charge < -0.3 is 10.3 Å². The van der Waals surface area contributed by atoms with Crippen LogP contribution in [0, 0.1) is 18.3 Å². The molecule has 0 atom stereocenters. The molecule has 0 unspecified atom stereocenters. The number of carbonyl (C=O) groups is 1. The molecule has 100 valence electrons.